The van der Waals surface area contributed by atoms with Gasteiger partial charge in [-0.05, 0) is 37.4 Å². The van der Waals surface area contributed by atoms with Gasteiger partial charge in [-0.2, -0.15) is 0 Å². The number of carbonyl (C=O) groups is 1. The Balaban J connectivity index is 1.74. The van der Waals surface area contributed by atoms with Crippen LogP contribution in [0.15, 0.2) is 24.3 Å². The van der Waals surface area contributed by atoms with Gasteiger partial charge in [0.1, 0.15) is 0 Å². The number of nitrogens with one attached hydrogen (secondary N) is 1. The number of hydrogen-bond acceptors (Lipinski definition) is 2. The standard InChI is InChI=1S/C15H20N2O/c1-11-14(6-8-16-11)15(18)17-9-7-12-4-2-3-5-13(12)10-17/h2-5,11,14,16H,6-10H2,1H3. The van der Waals surface area contributed by atoms with Crippen LogP contribution >= 0.6 is 0 Å². The molecule has 1 N–H and O–H groups in total. The molecule has 2 unspecified atom stereocenters. The van der Waals surface area contributed by atoms with E-state index in [2.05, 4.69) is 36.5 Å². The minimum absolute atomic E-state index is 0.176. The van der Waals surface area contributed by atoms with Gasteiger partial charge in [0, 0.05) is 19.1 Å². The van der Waals surface area contributed by atoms with Gasteiger partial charge in [-0.3, -0.25) is 4.79 Å². The third kappa shape index (κ3) is 2.03. The maximum Gasteiger partial charge on any atom is 0.227 e. The first-order valence-corrected chi connectivity index (χ1v) is 6.84. The Morgan fingerprint density at radius 3 is 2.83 bits per heavy atom. The number of nitrogens with zero attached hydrogens (tertiary/aromatic N) is 1. The van der Waals surface area contributed by atoms with Gasteiger partial charge in [0.2, 0.25) is 5.91 Å². The van der Waals surface area contributed by atoms with Crippen molar-refractivity contribution in [3.8, 4) is 0 Å². The highest BCUT2D eigenvalue weighted by Crippen LogP contribution is 2.23. The zero-order chi connectivity index (χ0) is 12.5. The summed E-state index contributed by atoms with van der Waals surface area (Å²) in [5.74, 6) is 0.511. The maximum absolute atomic E-state index is 12.5. The summed E-state index contributed by atoms with van der Waals surface area (Å²) in [5, 5.41) is 3.36. The minimum Gasteiger partial charge on any atom is -0.338 e. The van der Waals surface area contributed by atoms with Crippen LogP contribution < -0.4 is 5.32 Å². The average molecular weight is 244 g/mol. The van der Waals surface area contributed by atoms with E-state index in [0.717, 1.165) is 32.5 Å². The summed E-state index contributed by atoms with van der Waals surface area (Å²) < 4.78 is 0. The van der Waals surface area contributed by atoms with E-state index >= 15 is 0 Å². The van der Waals surface area contributed by atoms with E-state index in [1.54, 1.807) is 0 Å². The van der Waals surface area contributed by atoms with Crippen LogP contribution in [0.1, 0.15) is 24.5 Å². The zero-order valence-corrected chi connectivity index (χ0v) is 10.9. The van der Waals surface area contributed by atoms with Crippen molar-refractivity contribution < 1.29 is 4.79 Å². The van der Waals surface area contributed by atoms with Crippen LogP contribution in [0.3, 0.4) is 0 Å². The van der Waals surface area contributed by atoms with Crippen molar-refractivity contribution in [3.05, 3.63) is 35.4 Å². The molecule has 3 heteroatoms. The molecule has 0 bridgehead atoms. The van der Waals surface area contributed by atoms with Crippen molar-refractivity contribution in [2.45, 2.75) is 32.4 Å². The highest BCUT2D eigenvalue weighted by molar-refractivity contribution is 5.80. The molecule has 1 aromatic carbocycles. The lowest BCUT2D eigenvalue weighted by Crippen LogP contribution is -2.42. The van der Waals surface area contributed by atoms with Crippen molar-refractivity contribution in [1.29, 1.82) is 0 Å². The molecule has 0 radical (unpaired) electrons. The van der Waals surface area contributed by atoms with E-state index in [-0.39, 0.29) is 5.92 Å². The lowest BCUT2D eigenvalue weighted by molar-refractivity contribution is -0.136. The van der Waals surface area contributed by atoms with Crippen molar-refractivity contribution in [1.82, 2.24) is 10.2 Å². The molecule has 96 valence electrons. The summed E-state index contributed by atoms with van der Waals surface area (Å²) in [5.41, 5.74) is 2.72. The minimum atomic E-state index is 0.176. The molecule has 2 atom stereocenters. The van der Waals surface area contributed by atoms with Crippen LogP contribution in [0, 0.1) is 5.92 Å². The summed E-state index contributed by atoms with van der Waals surface area (Å²) in [7, 11) is 0. The second-order valence-corrected chi connectivity index (χ2v) is 5.42. The zero-order valence-electron chi connectivity index (χ0n) is 10.9. The molecule has 0 spiro atoms. The van der Waals surface area contributed by atoms with Gasteiger partial charge < -0.3 is 10.2 Å². The molecule has 18 heavy (non-hydrogen) atoms. The van der Waals surface area contributed by atoms with E-state index < -0.39 is 0 Å². The van der Waals surface area contributed by atoms with Crippen LogP contribution in [0.2, 0.25) is 0 Å². The van der Waals surface area contributed by atoms with E-state index in [0.29, 0.717) is 11.9 Å². The first-order chi connectivity index (χ1) is 8.75. The van der Waals surface area contributed by atoms with Crippen LogP contribution in [0.4, 0.5) is 0 Å². The van der Waals surface area contributed by atoms with Gasteiger partial charge in [-0.15, -0.1) is 0 Å². The van der Waals surface area contributed by atoms with Gasteiger partial charge in [0.25, 0.3) is 0 Å². The van der Waals surface area contributed by atoms with Crippen molar-refractivity contribution in [2.75, 3.05) is 13.1 Å². The van der Waals surface area contributed by atoms with Gasteiger partial charge in [-0.25, -0.2) is 0 Å². The largest absolute Gasteiger partial charge is 0.338 e. The smallest absolute Gasteiger partial charge is 0.227 e. The Morgan fingerprint density at radius 2 is 2.11 bits per heavy atom. The molecule has 0 saturated carbocycles. The Hall–Kier alpha value is -1.35. The van der Waals surface area contributed by atoms with Crippen LogP contribution in [-0.4, -0.2) is 29.9 Å². The van der Waals surface area contributed by atoms with Crippen molar-refractivity contribution >= 4 is 5.91 Å². The fraction of sp³-hybridized carbons (Fsp3) is 0.533. The number of benzene rings is 1. The Morgan fingerprint density at radius 1 is 1.33 bits per heavy atom. The van der Waals surface area contributed by atoms with Crippen LogP contribution in [0.25, 0.3) is 0 Å². The van der Waals surface area contributed by atoms with E-state index in [9.17, 15) is 4.79 Å². The van der Waals surface area contributed by atoms with E-state index in [4.69, 9.17) is 0 Å². The third-order valence-electron chi connectivity index (χ3n) is 4.28. The molecule has 2 aliphatic rings. The Kier molecular flexibility index (Phi) is 3.08. The number of hydrogen-bond donors (Lipinski definition) is 1. The average Bonchev–Trinajstić information content (AvgIpc) is 2.83. The second kappa shape index (κ2) is 4.73. The number of rotatable bonds is 1. The molecule has 2 aliphatic heterocycles. The second-order valence-electron chi connectivity index (χ2n) is 5.42. The number of amides is 1. The van der Waals surface area contributed by atoms with E-state index in [1.165, 1.54) is 11.1 Å². The number of fused-ring (bicyclic) bond motifs is 1. The quantitative estimate of drug-likeness (QED) is 0.813. The fourth-order valence-corrected chi connectivity index (χ4v) is 3.11. The molecule has 1 fully saturated rings. The monoisotopic (exact) mass is 244 g/mol. The summed E-state index contributed by atoms with van der Waals surface area (Å²) in [6.45, 7) is 4.76. The molecule has 0 aliphatic carbocycles. The van der Waals surface area contributed by atoms with Crippen molar-refractivity contribution in [3.63, 3.8) is 0 Å². The topological polar surface area (TPSA) is 32.3 Å². The summed E-state index contributed by atoms with van der Waals surface area (Å²) in [6.07, 6.45) is 1.98. The van der Waals surface area contributed by atoms with Crippen LogP contribution in [-0.2, 0) is 17.8 Å². The molecule has 3 rings (SSSR count). The summed E-state index contributed by atoms with van der Waals surface area (Å²) in [4.78, 5) is 14.5. The van der Waals surface area contributed by atoms with Crippen molar-refractivity contribution in [2.24, 2.45) is 5.92 Å². The molecule has 1 aromatic rings. The Labute approximate surface area is 108 Å². The van der Waals surface area contributed by atoms with Gasteiger partial charge in [-0.1, -0.05) is 24.3 Å². The molecule has 1 saturated heterocycles. The molecular weight excluding hydrogens is 224 g/mol. The first-order valence-electron chi connectivity index (χ1n) is 6.84. The lowest BCUT2D eigenvalue weighted by Gasteiger charge is -2.31. The maximum atomic E-state index is 12.5. The molecule has 3 nitrogen and oxygen atoms in total. The first kappa shape index (κ1) is 11.7. The highest BCUT2D eigenvalue weighted by atomic mass is 16.2. The summed E-state index contributed by atoms with van der Waals surface area (Å²) >= 11 is 0. The third-order valence-corrected chi connectivity index (χ3v) is 4.28. The SMILES string of the molecule is CC1NCCC1C(=O)N1CCc2ccccc2C1. The Bertz CT molecular complexity index is 458. The predicted octanol–water partition coefficient (Wildman–Crippen LogP) is 1.57. The molecule has 1 amide bonds. The van der Waals surface area contributed by atoms with Gasteiger partial charge in [0.05, 0.1) is 5.92 Å². The molecular formula is C15H20N2O. The normalized spacial score (nSPS) is 27.1. The summed E-state index contributed by atoms with van der Waals surface area (Å²) in [6, 6.07) is 8.79. The van der Waals surface area contributed by atoms with E-state index in [1.807, 2.05) is 4.90 Å². The molecule has 0 aromatic heterocycles. The predicted molar refractivity (Wildman–Crippen MR) is 71.1 cm³/mol. The lowest BCUT2D eigenvalue weighted by atomic mass is 9.96. The van der Waals surface area contributed by atoms with Crippen LogP contribution in [0.5, 0.6) is 0 Å². The van der Waals surface area contributed by atoms with Gasteiger partial charge >= 0.3 is 0 Å². The molecule has 2 heterocycles. The van der Waals surface area contributed by atoms with Gasteiger partial charge in [0.15, 0.2) is 0 Å². The highest BCUT2D eigenvalue weighted by Gasteiger charge is 2.33. The fourth-order valence-electron chi connectivity index (χ4n) is 3.11. The number of carbonyl (C=O) groups excluding carboxylic acids is 1.